The van der Waals surface area contributed by atoms with Crippen molar-refractivity contribution >= 4 is 17.6 Å². The van der Waals surface area contributed by atoms with E-state index in [1.807, 2.05) is 32.9 Å². The summed E-state index contributed by atoms with van der Waals surface area (Å²) < 4.78 is 5.31. The molecule has 1 aliphatic rings. The number of rotatable bonds is 9. The molecule has 1 atom stereocenters. The van der Waals surface area contributed by atoms with Crippen molar-refractivity contribution in [3.8, 4) is 0 Å². The number of hydrogen-bond donors (Lipinski definition) is 3. The summed E-state index contributed by atoms with van der Waals surface area (Å²) in [6.07, 6.45) is 0.737. The van der Waals surface area contributed by atoms with Crippen LogP contribution in [0.3, 0.4) is 0 Å². The van der Waals surface area contributed by atoms with Crippen molar-refractivity contribution in [3.05, 3.63) is 28.8 Å². The molecule has 1 saturated heterocycles. The SMILES string of the molecule is Cc1cc(C)c(NC(=O)C[C@@H](NCCCN2CCOCC2)C(=O)O)c(C)c1. The van der Waals surface area contributed by atoms with Gasteiger partial charge in [0.25, 0.3) is 0 Å². The Kier molecular flexibility index (Phi) is 8.22. The molecule has 0 spiro atoms. The van der Waals surface area contributed by atoms with E-state index in [4.69, 9.17) is 4.74 Å². The van der Waals surface area contributed by atoms with Crippen LogP contribution in [0.2, 0.25) is 0 Å². The van der Waals surface area contributed by atoms with Gasteiger partial charge in [0.2, 0.25) is 5.91 Å². The summed E-state index contributed by atoms with van der Waals surface area (Å²) in [4.78, 5) is 26.2. The van der Waals surface area contributed by atoms with Crippen LogP contribution in [0.4, 0.5) is 5.69 Å². The molecule has 7 heteroatoms. The number of aryl methyl sites for hydroxylation is 3. The van der Waals surface area contributed by atoms with Gasteiger partial charge < -0.3 is 20.5 Å². The molecule has 150 valence electrons. The molecule has 0 unspecified atom stereocenters. The topological polar surface area (TPSA) is 90.9 Å². The molecule has 0 radical (unpaired) electrons. The minimum atomic E-state index is -1.01. The Hall–Kier alpha value is -1.96. The van der Waals surface area contributed by atoms with Gasteiger partial charge in [0.15, 0.2) is 0 Å². The predicted molar refractivity (Wildman–Crippen MR) is 105 cm³/mol. The first-order valence-electron chi connectivity index (χ1n) is 9.51. The Morgan fingerprint density at radius 2 is 1.81 bits per heavy atom. The zero-order valence-corrected chi connectivity index (χ0v) is 16.5. The number of carbonyl (C=O) groups is 2. The largest absolute Gasteiger partial charge is 0.480 e. The Labute approximate surface area is 161 Å². The molecule has 27 heavy (non-hydrogen) atoms. The maximum Gasteiger partial charge on any atom is 0.321 e. The normalized spacial score (nSPS) is 16.1. The molecule has 0 bridgehead atoms. The number of benzene rings is 1. The van der Waals surface area contributed by atoms with Crippen molar-refractivity contribution in [1.82, 2.24) is 10.2 Å². The van der Waals surface area contributed by atoms with Crippen molar-refractivity contribution in [2.24, 2.45) is 0 Å². The predicted octanol–water partition coefficient (Wildman–Crippen LogP) is 1.71. The zero-order valence-electron chi connectivity index (χ0n) is 16.5. The van der Waals surface area contributed by atoms with E-state index >= 15 is 0 Å². The molecule has 1 aromatic carbocycles. The lowest BCUT2D eigenvalue weighted by Crippen LogP contribution is -2.42. The van der Waals surface area contributed by atoms with Gasteiger partial charge in [-0.1, -0.05) is 17.7 Å². The van der Waals surface area contributed by atoms with Crippen LogP contribution < -0.4 is 10.6 Å². The molecular weight excluding hydrogens is 346 g/mol. The van der Waals surface area contributed by atoms with Gasteiger partial charge in [-0.05, 0) is 51.4 Å². The number of aliphatic carboxylic acids is 1. The molecule has 0 aromatic heterocycles. The van der Waals surface area contributed by atoms with E-state index in [0.29, 0.717) is 6.54 Å². The molecule has 0 saturated carbocycles. The van der Waals surface area contributed by atoms with Crippen LogP contribution in [0, 0.1) is 20.8 Å². The summed E-state index contributed by atoms with van der Waals surface area (Å²) in [6, 6.07) is 3.11. The lowest BCUT2D eigenvalue weighted by molar-refractivity contribution is -0.141. The molecule has 0 aliphatic carbocycles. The van der Waals surface area contributed by atoms with Crippen LogP contribution in [0.1, 0.15) is 29.5 Å². The van der Waals surface area contributed by atoms with Gasteiger partial charge in [0, 0.05) is 18.8 Å². The van der Waals surface area contributed by atoms with Crippen LogP contribution in [0.5, 0.6) is 0 Å². The number of hydrogen-bond acceptors (Lipinski definition) is 5. The molecule has 3 N–H and O–H groups in total. The van der Waals surface area contributed by atoms with Crippen LogP contribution in [-0.4, -0.2) is 67.3 Å². The Morgan fingerprint density at radius 3 is 2.41 bits per heavy atom. The second kappa shape index (κ2) is 10.4. The summed E-state index contributed by atoms with van der Waals surface area (Å²) in [5, 5.41) is 15.3. The highest BCUT2D eigenvalue weighted by molar-refractivity contribution is 5.95. The number of morpholine rings is 1. The van der Waals surface area contributed by atoms with Crippen molar-refractivity contribution in [3.63, 3.8) is 0 Å². The van der Waals surface area contributed by atoms with Crippen molar-refractivity contribution in [2.75, 3.05) is 44.7 Å². The number of carbonyl (C=O) groups excluding carboxylic acids is 1. The van der Waals surface area contributed by atoms with E-state index in [1.165, 1.54) is 0 Å². The molecule has 1 heterocycles. The number of carboxylic acid groups (broad SMARTS) is 1. The average Bonchev–Trinajstić information content (AvgIpc) is 2.61. The fourth-order valence-electron chi connectivity index (χ4n) is 3.40. The Balaban J connectivity index is 1.80. The Bertz CT molecular complexity index is 634. The highest BCUT2D eigenvalue weighted by atomic mass is 16.5. The first-order chi connectivity index (χ1) is 12.9. The molecule has 1 fully saturated rings. The van der Waals surface area contributed by atoms with Gasteiger partial charge in [-0.2, -0.15) is 0 Å². The van der Waals surface area contributed by atoms with Crippen LogP contribution >= 0.6 is 0 Å². The van der Waals surface area contributed by atoms with Gasteiger partial charge in [-0.25, -0.2) is 0 Å². The third kappa shape index (κ3) is 6.93. The molecular formula is C20H31N3O4. The first-order valence-corrected chi connectivity index (χ1v) is 9.51. The Morgan fingerprint density at radius 1 is 1.19 bits per heavy atom. The van der Waals surface area contributed by atoms with E-state index in [-0.39, 0.29) is 12.3 Å². The molecule has 1 amide bonds. The minimum absolute atomic E-state index is 0.0976. The minimum Gasteiger partial charge on any atom is -0.480 e. The van der Waals surface area contributed by atoms with Crippen LogP contribution in [0.15, 0.2) is 12.1 Å². The first kappa shape index (κ1) is 21.3. The van der Waals surface area contributed by atoms with Gasteiger partial charge >= 0.3 is 5.97 Å². The number of amides is 1. The maximum absolute atomic E-state index is 12.4. The number of anilines is 1. The van der Waals surface area contributed by atoms with Crippen molar-refractivity contribution in [2.45, 2.75) is 39.7 Å². The van der Waals surface area contributed by atoms with Gasteiger partial charge in [0.05, 0.1) is 19.6 Å². The second-order valence-electron chi connectivity index (χ2n) is 7.18. The summed E-state index contributed by atoms with van der Waals surface area (Å²) in [6.45, 7) is 10.7. The van der Waals surface area contributed by atoms with E-state index in [2.05, 4.69) is 15.5 Å². The number of nitrogens with zero attached hydrogens (tertiary/aromatic N) is 1. The summed E-state index contributed by atoms with van der Waals surface area (Å²) in [7, 11) is 0. The molecule has 2 rings (SSSR count). The van der Waals surface area contributed by atoms with E-state index in [1.54, 1.807) is 0 Å². The second-order valence-corrected chi connectivity index (χ2v) is 7.18. The third-order valence-corrected chi connectivity index (χ3v) is 4.77. The number of ether oxygens (including phenoxy) is 1. The fourth-order valence-corrected chi connectivity index (χ4v) is 3.40. The standard InChI is InChI=1S/C20H31N3O4/c1-14-11-15(2)19(16(3)12-14)22-18(24)13-17(20(25)26)21-5-4-6-23-7-9-27-10-8-23/h11-12,17,21H,4-10,13H2,1-3H3,(H,22,24)(H,25,26)/t17-/m1/s1. The average molecular weight is 377 g/mol. The fraction of sp³-hybridized carbons (Fsp3) is 0.600. The smallest absolute Gasteiger partial charge is 0.321 e. The van der Waals surface area contributed by atoms with Crippen molar-refractivity contribution < 1.29 is 19.4 Å². The van der Waals surface area contributed by atoms with Gasteiger partial charge in [-0.3, -0.25) is 14.5 Å². The highest BCUT2D eigenvalue weighted by Crippen LogP contribution is 2.22. The highest BCUT2D eigenvalue weighted by Gasteiger charge is 2.21. The van der Waals surface area contributed by atoms with Gasteiger partial charge in [0.1, 0.15) is 6.04 Å². The lowest BCUT2D eigenvalue weighted by Gasteiger charge is -2.26. The third-order valence-electron chi connectivity index (χ3n) is 4.77. The number of nitrogens with one attached hydrogen (secondary N) is 2. The van der Waals surface area contributed by atoms with E-state index < -0.39 is 12.0 Å². The summed E-state index contributed by atoms with van der Waals surface area (Å²) in [5.41, 5.74) is 3.85. The van der Waals surface area contributed by atoms with Crippen molar-refractivity contribution in [1.29, 1.82) is 0 Å². The monoisotopic (exact) mass is 377 g/mol. The van der Waals surface area contributed by atoms with Crippen LogP contribution in [0.25, 0.3) is 0 Å². The quantitative estimate of drug-likeness (QED) is 0.568. The summed E-state index contributed by atoms with van der Waals surface area (Å²) in [5.74, 6) is -1.30. The van der Waals surface area contributed by atoms with Crippen LogP contribution in [-0.2, 0) is 14.3 Å². The zero-order chi connectivity index (χ0) is 19.8. The molecule has 7 nitrogen and oxygen atoms in total. The maximum atomic E-state index is 12.4. The van der Waals surface area contributed by atoms with E-state index in [9.17, 15) is 14.7 Å². The number of carboxylic acids is 1. The van der Waals surface area contributed by atoms with Gasteiger partial charge in [-0.15, -0.1) is 0 Å². The molecule has 1 aromatic rings. The van der Waals surface area contributed by atoms with E-state index in [0.717, 1.165) is 61.6 Å². The molecule has 1 aliphatic heterocycles. The summed E-state index contributed by atoms with van der Waals surface area (Å²) >= 11 is 0. The lowest BCUT2D eigenvalue weighted by atomic mass is 10.0.